The number of carbonyl (C=O) groups is 3. The number of nitrogens with zero attached hydrogens (tertiary/aromatic N) is 1. The second-order valence-corrected chi connectivity index (χ2v) is 10.6. The first kappa shape index (κ1) is 19.4. The highest BCUT2D eigenvalue weighted by atomic mass is 32.2. The summed E-state index contributed by atoms with van der Waals surface area (Å²) in [6.07, 6.45) is 1.61. The van der Waals surface area contributed by atoms with Crippen LogP contribution in [0.4, 0.5) is 0 Å². The Morgan fingerprint density at radius 2 is 1.63 bits per heavy atom. The zero-order valence-electron chi connectivity index (χ0n) is 16.7. The van der Waals surface area contributed by atoms with E-state index in [-0.39, 0.29) is 22.8 Å². The molecule has 30 heavy (non-hydrogen) atoms. The topological polar surface area (TPSA) is 97.8 Å². The van der Waals surface area contributed by atoms with E-state index in [9.17, 15) is 22.8 Å². The number of amides is 2. The van der Waals surface area contributed by atoms with E-state index >= 15 is 0 Å². The second-order valence-electron chi connectivity index (χ2n) is 9.06. The molecule has 2 bridgehead atoms. The molecule has 156 valence electrons. The van der Waals surface area contributed by atoms with Crippen molar-refractivity contribution in [1.82, 2.24) is 5.06 Å². The fourth-order valence-electron chi connectivity index (χ4n) is 5.63. The van der Waals surface area contributed by atoms with Crippen molar-refractivity contribution in [3.05, 3.63) is 47.5 Å². The number of rotatable bonds is 4. The van der Waals surface area contributed by atoms with Crippen molar-refractivity contribution >= 4 is 38.5 Å². The van der Waals surface area contributed by atoms with Gasteiger partial charge in [-0.05, 0) is 41.7 Å². The average molecular weight is 427 g/mol. The molecule has 8 heteroatoms. The maximum atomic E-state index is 13.0. The van der Waals surface area contributed by atoms with Gasteiger partial charge in [0.25, 0.3) is 21.9 Å². The summed E-state index contributed by atoms with van der Waals surface area (Å²) in [6, 6.07) is 9.96. The normalized spacial score (nSPS) is 27.3. The van der Waals surface area contributed by atoms with Crippen LogP contribution in [-0.2, 0) is 19.2 Å². The first-order valence-corrected chi connectivity index (χ1v) is 11.5. The van der Waals surface area contributed by atoms with E-state index in [1.165, 1.54) is 12.1 Å². The van der Waals surface area contributed by atoms with Crippen molar-refractivity contribution in [3.8, 4) is 0 Å². The van der Waals surface area contributed by atoms with Gasteiger partial charge in [0.2, 0.25) is 0 Å². The maximum absolute atomic E-state index is 13.0. The van der Waals surface area contributed by atoms with E-state index in [2.05, 4.69) is 0 Å². The summed E-state index contributed by atoms with van der Waals surface area (Å²) in [7, 11) is -4.39. The molecule has 2 fully saturated rings. The zero-order chi connectivity index (χ0) is 21.5. The molecule has 2 aromatic carbocycles. The first-order valence-electron chi connectivity index (χ1n) is 9.93. The highest BCUT2D eigenvalue weighted by Gasteiger charge is 2.65. The Kier molecular flexibility index (Phi) is 3.87. The lowest BCUT2D eigenvalue weighted by atomic mass is 9.70. The van der Waals surface area contributed by atoms with Gasteiger partial charge in [-0.25, -0.2) is 0 Å². The molecular weight excluding hydrogens is 406 g/mol. The summed E-state index contributed by atoms with van der Waals surface area (Å²) >= 11 is 0. The van der Waals surface area contributed by atoms with Crippen molar-refractivity contribution in [2.24, 2.45) is 16.7 Å². The number of carbonyl (C=O) groups excluding carboxylic acids is 3. The monoisotopic (exact) mass is 427 g/mol. The van der Waals surface area contributed by atoms with Crippen LogP contribution in [0.15, 0.2) is 36.4 Å². The van der Waals surface area contributed by atoms with Gasteiger partial charge in [0.05, 0.1) is 22.3 Å². The van der Waals surface area contributed by atoms with Crippen LogP contribution in [0.5, 0.6) is 0 Å². The average Bonchev–Trinajstić information content (AvgIpc) is 3.03. The van der Waals surface area contributed by atoms with Crippen LogP contribution in [0.25, 0.3) is 10.8 Å². The van der Waals surface area contributed by atoms with Gasteiger partial charge in [-0.2, -0.15) is 8.42 Å². The predicted molar refractivity (Wildman–Crippen MR) is 108 cm³/mol. The molecule has 1 aliphatic heterocycles. The summed E-state index contributed by atoms with van der Waals surface area (Å²) in [6.45, 7) is 3.83. The lowest BCUT2D eigenvalue weighted by Crippen LogP contribution is -2.46. The van der Waals surface area contributed by atoms with Crippen LogP contribution < -0.4 is 0 Å². The van der Waals surface area contributed by atoms with E-state index in [4.69, 9.17) is 4.28 Å². The molecule has 0 aromatic heterocycles. The predicted octanol–water partition coefficient (Wildman–Crippen LogP) is 3.09. The molecule has 2 aromatic rings. The molecule has 0 spiro atoms. The fraction of sp³-hybridized carbons (Fsp3) is 0.409. The quantitative estimate of drug-likeness (QED) is 0.696. The number of hydroxylamine groups is 2. The van der Waals surface area contributed by atoms with Gasteiger partial charge in [-0.3, -0.25) is 14.4 Å². The Balaban J connectivity index is 1.50. The number of benzene rings is 2. The highest BCUT2D eigenvalue weighted by molar-refractivity contribution is 7.86. The molecule has 2 saturated carbocycles. The van der Waals surface area contributed by atoms with Gasteiger partial charge in [-0.1, -0.05) is 38.1 Å². The second kappa shape index (κ2) is 5.98. The third kappa shape index (κ3) is 2.40. The van der Waals surface area contributed by atoms with Crippen molar-refractivity contribution in [3.63, 3.8) is 0 Å². The van der Waals surface area contributed by atoms with Crippen molar-refractivity contribution in [2.75, 3.05) is 5.75 Å². The molecule has 5 rings (SSSR count). The standard InChI is InChI=1S/C22H21NO6S/c1-21(2)14-9-10-22(21,17(24)11-14)12-30(27,28)29-23-19(25)15-7-3-5-13-6-4-8-16(18(13)15)20(23)26/h3-8,14H,9-12H2,1-2H3/t14-,22-/m1/s1. The number of imide groups is 1. The maximum Gasteiger partial charge on any atom is 0.289 e. The van der Waals surface area contributed by atoms with Crippen LogP contribution in [-0.4, -0.2) is 36.8 Å². The SMILES string of the molecule is CC1(C)[C@@H]2CC[C@@]1(CS(=O)(=O)ON1C(=O)c3cccc4cccc(c34)C1=O)C(=O)C2. The van der Waals surface area contributed by atoms with Crippen LogP contribution in [0, 0.1) is 16.7 Å². The Labute approximate surface area is 174 Å². The summed E-state index contributed by atoms with van der Waals surface area (Å²) in [4.78, 5) is 38.5. The molecular formula is C22H21NO6S. The third-order valence-corrected chi connectivity index (χ3v) is 8.71. The fourth-order valence-corrected chi connectivity index (χ4v) is 7.32. The molecule has 7 nitrogen and oxygen atoms in total. The number of ketones is 1. The molecule has 0 unspecified atom stereocenters. The number of hydrogen-bond acceptors (Lipinski definition) is 6. The smallest absolute Gasteiger partial charge is 0.289 e. The van der Waals surface area contributed by atoms with E-state index in [0.29, 0.717) is 28.7 Å². The summed E-state index contributed by atoms with van der Waals surface area (Å²) in [5.41, 5.74) is -1.12. The van der Waals surface area contributed by atoms with E-state index in [0.717, 1.165) is 6.42 Å². The van der Waals surface area contributed by atoms with Crippen molar-refractivity contribution < 1.29 is 27.1 Å². The van der Waals surface area contributed by atoms with Gasteiger partial charge in [0, 0.05) is 11.8 Å². The van der Waals surface area contributed by atoms with E-state index < -0.39 is 38.5 Å². The number of hydrogen-bond donors (Lipinski definition) is 0. The first-order chi connectivity index (χ1) is 14.1. The highest BCUT2D eigenvalue weighted by Crippen LogP contribution is 2.64. The summed E-state index contributed by atoms with van der Waals surface area (Å²) < 4.78 is 31.1. The number of fused-ring (bicyclic) bond motifs is 2. The van der Waals surface area contributed by atoms with Crippen LogP contribution in [0.2, 0.25) is 0 Å². The minimum atomic E-state index is -4.39. The largest absolute Gasteiger partial charge is 0.299 e. The molecule has 2 atom stereocenters. The van der Waals surface area contributed by atoms with Gasteiger partial charge in [-0.15, -0.1) is 9.35 Å². The molecule has 0 N–H and O–H groups in total. The van der Waals surface area contributed by atoms with E-state index in [1.54, 1.807) is 24.3 Å². The van der Waals surface area contributed by atoms with E-state index in [1.807, 2.05) is 13.8 Å². The molecule has 1 heterocycles. The number of Topliss-reactive ketones (excluding diaryl/α,β-unsaturated/α-hetero) is 1. The zero-order valence-corrected chi connectivity index (χ0v) is 17.5. The minimum Gasteiger partial charge on any atom is -0.299 e. The Hall–Kier alpha value is -2.58. The Bertz CT molecular complexity index is 1200. The Morgan fingerprint density at radius 3 is 2.13 bits per heavy atom. The van der Waals surface area contributed by atoms with Crippen LogP contribution in [0.3, 0.4) is 0 Å². The summed E-state index contributed by atoms with van der Waals surface area (Å²) in [5, 5.41) is 1.52. The van der Waals surface area contributed by atoms with Gasteiger partial charge in [0.1, 0.15) is 5.78 Å². The Morgan fingerprint density at radius 1 is 1.03 bits per heavy atom. The van der Waals surface area contributed by atoms with Gasteiger partial charge >= 0.3 is 0 Å². The molecule has 3 aliphatic rings. The van der Waals surface area contributed by atoms with Crippen LogP contribution >= 0.6 is 0 Å². The van der Waals surface area contributed by atoms with Crippen molar-refractivity contribution in [1.29, 1.82) is 0 Å². The minimum absolute atomic E-state index is 0.0812. The molecule has 0 saturated heterocycles. The lowest BCUT2D eigenvalue weighted by Gasteiger charge is -2.36. The van der Waals surface area contributed by atoms with Gasteiger partial charge in [0.15, 0.2) is 0 Å². The third-order valence-electron chi connectivity index (χ3n) is 7.48. The molecule has 2 aliphatic carbocycles. The lowest BCUT2D eigenvalue weighted by molar-refractivity contribution is -0.128. The molecule has 0 radical (unpaired) electrons. The molecule has 2 amide bonds. The summed E-state index contributed by atoms with van der Waals surface area (Å²) in [5.74, 6) is -2.13. The van der Waals surface area contributed by atoms with Gasteiger partial charge < -0.3 is 0 Å². The van der Waals surface area contributed by atoms with Crippen LogP contribution in [0.1, 0.15) is 53.8 Å². The van der Waals surface area contributed by atoms with Crippen molar-refractivity contribution in [2.45, 2.75) is 33.1 Å².